The van der Waals surface area contributed by atoms with E-state index in [0.29, 0.717) is 11.3 Å². The van der Waals surface area contributed by atoms with Crippen molar-refractivity contribution in [2.75, 3.05) is 0 Å². The summed E-state index contributed by atoms with van der Waals surface area (Å²) < 4.78 is 5.56. The second-order valence-electron chi connectivity index (χ2n) is 3.99. The number of benzene rings is 1. The summed E-state index contributed by atoms with van der Waals surface area (Å²) in [6.45, 7) is 3.81. The number of aromatic carboxylic acids is 1. The Bertz CT molecular complexity index is 564. The molecule has 0 aliphatic heterocycles. The fourth-order valence-electron chi connectivity index (χ4n) is 1.65. The van der Waals surface area contributed by atoms with Crippen LogP contribution in [0.2, 0.25) is 0 Å². The van der Waals surface area contributed by atoms with Crippen LogP contribution in [0.3, 0.4) is 0 Å². The van der Waals surface area contributed by atoms with Crippen LogP contribution in [-0.4, -0.2) is 22.2 Å². The van der Waals surface area contributed by atoms with Crippen LogP contribution in [-0.2, 0) is 0 Å². The molecule has 0 atom stereocenters. The number of nitrogens with zero attached hydrogens (tertiary/aromatic N) is 1. The van der Waals surface area contributed by atoms with Crippen molar-refractivity contribution < 1.29 is 14.6 Å². The lowest BCUT2D eigenvalue weighted by Gasteiger charge is -2.12. The molecule has 0 fully saturated rings. The van der Waals surface area contributed by atoms with Crippen molar-refractivity contribution >= 4 is 16.7 Å². The van der Waals surface area contributed by atoms with Gasteiger partial charge in [-0.1, -0.05) is 18.2 Å². The molecular formula is C13H13NO3. The van der Waals surface area contributed by atoms with Crippen molar-refractivity contribution in [1.82, 2.24) is 4.98 Å². The predicted molar refractivity (Wildman–Crippen MR) is 64.5 cm³/mol. The normalized spacial score (nSPS) is 10.8. The zero-order chi connectivity index (χ0) is 12.4. The van der Waals surface area contributed by atoms with Crippen LogP contribution in [0.4, 0.5) is 0 Å². The van der Waals surface area contributed by atoms with Crippen molar-refractivity contribution in [2.24, 2.45) is 0 Å². The highest BCUT2D eigenvalue weighted by molar-refractivity contribution is 6.04. The molecule has 0 bridgehead atoms. The van der Waals surface area contributed by atoms with Crippen LogP contribution in [0.5, 0.6) is 5.88 Å². The van der Waals surface area contributed by atoms with E-state index in [-0.39, 0.29) is 11.7 Å². The standard InChI is InChI=1S/C13H13NO3/c1-8(2)17-12-10-6-4-3-5-9(10)11(7-14-12)13(15)16/h3-8H,1-2H3,(H,15,16). The molecule has 4 heteroatoms. The summed E-state index contributed by atoms with van der Waals surface area (Å²) in [7, 11) is 0. The van der Waals surface area contributed by atoms with E-state index in [0.717, 1.165) is 5.39 Å². The van der Waals surface area contributed by atoms with E-state index in [1.54, 1.807) is 12.1 Å². The van der Waals surface area contributed by atoms with E-state index >= 15 is 0 Å². The molecule has 17 heavy (non-hydrogen) atoms. The van der Waals surface area contributed by atoms with Crippen LogP contribution in [0.25, 0.3) is 10.8 Å². The summed E-state index contributed by atoms with van der Waals surface area (Å²) in [4.78, 5) is 15.1. The molecule has 1 aromatic carbocycles. The number of hydrogen-bond acceptors (Lipinski definition) is 3. The fraction of sp³-hybridized carbons (Fsp3) is 0.231. The average Bonchev–Trinajstić information content (AvgIpc) is 2.28. The number of pyridine rings is 1. The third-order valence-corrected chi connectivity index (χ3v) is 2.34. The first kappa shape index (κ1) is 11.4. The minimum atomic E-state index is -0.982. The zero-order valence-corrected chi connectivity index (χ0v) is 9.68. The lowest BCUT2D eigenvalue weighted by molar-refractivity contribution is 0.0698. The smallest absolute Gasteiger partial charge is 0.337 e. The molecule has 0 aliphatic carbocycles. The SMILES string of the molecule is CC(C)Oc1ncc(C(=O)O)c2ccccc12. The Morgan fingerprint density at radius 1 is 1.29 bits per heavy atom. The van der Waals surface area contributed by atoms with E-state index < -0.39 is 5.97 Å². The molecular weight excluding hydrogens is 218 g/mol. The Morgan fingerprint density at radius 3 is 2.53 bits per heavy atom. The van der Waals surface area contributed by atoms with Crippen molar-refractivity contribution in [2.45, 2.75) is 20.0 Å². The molecule has 88 valence electrons. The first-order chi connectivity index (χ1) is 8.09. The fourth-order valence-corrected chi connectivity index (χ4v) is 1.65. The van der Waals surface area contributed by atoms with Crippen LogP contribution in [0, 0.1) is 0 Å². The lowest BCUT2D eigenvalue weighted by Crippen LogP contribution is -2.08. The average molecular weight is 231 g/mol. The summed E-state index contributed by atoms with van der Waals surface area (Å²) in [5.74, 6) is -0.509. The predicted octanol–water partition coefficient (Wildman–Crippen LogP) is 2.72. The molecule has 2 aromatic rings. The topological polar surface area (TPSA) is 59.4 Å². The van der Waals surface area contributed by atoms with Crippen molar-refractivity contribution in [1.29, 1.82) is 0 Å². The van der Waals surface area contributed by atoms with Crippen molar-refractivity contribution in [3.8, 4) is 5.88 Å². The van der Waals surface area contributed by atoms with Gasteiger partial charge in [0.05, 0.1) is 11.7 Å². The molecule has 0 radical (unpaired) electrons. The van der Waals surface area contributed by atoms with Gasteiger partial charge >= 0.3 is 5.97 Å². The number of fused-ring (bicyclic) bond motifs is 1. The van der Waals surface area contributed by atoms with Crippen LogP contribution in [0.1, 0.15) is 24.2 Å². The molecule has 0 amide bonds. The number of rotatable bonds is 3. The molecule has 0 unspecified atom stereocenters. The maximum atomic E-state index is 11.1. The maximum Gasteiger partial charge on any atom is 0.337 e. The molecule has 1 N–H and O–H groups in total. The van der Waals surface area contributed by atoms with Gasteiger partial charge in [-0.05, 0) is 19.9 Å². The van der Waals surface area contributed by atoms with Gasteiger partial charge in [0.1, 0.15) is 0 Å². The van der Waals surface area contributed by atoms with Gasteiger partial charge in [-0.2, -0.15) is 0 Å². The quantitative estimate of drug-likeness (QED) is 0.882. The molecule has 2 rings (SSSR count). The van der Waals surface area contributed by atoms with Gasteiger partial charge < -0.3 is 9.84 Å². The van der Waals surface area contributed by atoms with E-state index in [1.807, 2.05) is 26.0 Å². The molecule has 0 aliphatic rings. The molecule has 0 saturated heterocycles. The Kier molecular flexibility index (Phi) is 2.95. The Labute approximate surface area is 98.9 Å². The summed E-state index contributed by atoms with van der Waals surface area (Å²) in [5, 5.41) is 10.4. The van der Waals surface area contributed by atoms with Crippen molar-refractivity contribution in [3.05, 3.63) is 36.0 Å². The van der Waals surface area contributed by atoms with Crippen LogP contribution in [0.15, 0.2) is 30.5 Å². The van der Waals surface area contributed by atoms with Crippen LogP contribution < -0.4 is 4.74 Å². The number of carboxylic acids is 1. The van der Waals surface area contributed by atoms with E-state index in [2.05, 4.69) is 4.98 Å². The van der Waals surface area contributed by atoms with Crippen molar-refractivity contribution in [3.63, 3.8) is 0 Å². The number of carbonyl (C=O) groups is 1. The molecule has 0 spiro atoms. The Balaban J connectivity index is 2.66. The largest absolute Gasteiger partial charge is 0.478 e. The molecule has 1 aromatic heterocycles. The number of ether oxygens (including phenoxy) is 1. The summed E-state index contributed by atoms with van der Waals surface area (Å²) in [5.41, 5.74) is 0.191. The number of hydrogen-bond donors (Lipinski definition) is 1. The van der Waals surface area contributed by atoms with Gasteiger partial charge in [0.2, 0.25) is 5.88 Å². The highest BCUT2D eigenvalue weighted by Crippen LogP contribution is 2.26. The first-order valence-electron chi connectivity index (χ1n) is 5.37. The third-order valence-electron chi connectivity index (χ3n) is 2.34. The second kappa shape index (κ2) is 4.41. The first-order valence-corrected chi connectivity index (χ1v) is 5.37. The van der Waals surface area contributed by atoms with Gasteiger partial charge in [-0.15, -0.1) is 0 Å². The minimum absolute atomic E-state index is 0.00147. The third kappa shape index (κ3) is 2.20. The maximum absolute atomic E-state index is 11.1. The zero-order valence-electron chi connectivity index (χ0n) is 9.68. The van der Waals surface area contributed by atoms with E-state index in [4.69, 9.17) is 9.84 Å². The van der Waals surface area contributed by atoms with Gasteiger partial charge in [0, 0.05) is 17.0 Å². The number of carboxylic acid groups (broad SMARTS) is 1. The summed E-state index contributed by atoms with van der Waals surface area (Å²) in [6, 6.07) is 7.21. The second-order valence-corrected chi connectivity index (χ2v) is 3.99. The Morgan fingerprint density at radius 2 is 1.94 bits per heavy atom. The Hall–Kier alpha value is -2.10. The van der Waals surface area contributed by atoms with Gasteiger partial charge in [0.25, 0.3) is 0 Å². The highest BCUT2D eigenvalue weighted by Gasteiger charge is 2.13. The van der Waals surface area contributed by atoms with Gasteiger partial charge in [0.15, 0.2) is 0 Å². The summed E-state index contributed by atoms with van der Waals surface area (Å²) in [6.07, 6.45) is 1.34. The molecule has 4 nitrogen and oxygen atoms in total. The van der Waals surface area contributed by atoms with E-state index in [1.165, 1.54) is 6.20 Å². The van der Waals surface area contributed by atoms with E-state index in [9.17, 15) is 4.79 Å². The lowest BCUT2D eigenvalue weighted by atomic mass is 10.1. The highest BCUT2D eigenvalue weighted by atomic mass is 16.5. The minimum Gasteiger partial charge on any atom is -0.478 e. The van der Waals surface area contributed by atoms with Gasteiger partial charge in [-0.25, -0.2) is 9.78 Å². The molecule has 0 saturated carbocycles. The van der Waals surface area contributed by atoms with Crippen LogP contribution >= 0.6 is 0 Å². The monoisotopic (exact) mass is 231 g/mol. The number of aromatic nitrogens is 1. The summed E-state index contributed by atoms with van der Waals surface area (Å²) >= 11 is 0. The molecule has 1 heterocycles. The van der Waals surface area contributed by atoms with Gasteiger partial charge in [-0.3, -0.25) is 0 Å².